The van der Waals surface area contributed by atoms with Crippen LogP contribution in [0.25, 0.3) is 0 Å². The van der Waals surface area contributed by atoms with Gasteiger partial charge in [-0.15, -0.1) is 0 Å². The summed E-state index contributed by atoms with van der Waals surface area (Å²) in [4.78, 5) is 32.0. The summed E-state index contributed by atoms with van der Waals surface area (Å²) in [5, 5.41) is 3.27. The molecule has 6 nitrogen and oxygen atoms in total. The summed E-state index contributed by atoms with van der Waals surface area (Å²) >= 11 is 0. The summed E-state index contributed by atoms with van der Waals surface area (Å²) in [5.74, 6) is 0.720. The van der Waals surface area contributed by atoms with Gasteiger partial charge in [0.2, 0.25) is 5.91 Å². The summed E-state index contributed by atoms with van der Waals surface area (Å²) in [6.07, 6.45) is 1.65. The number of piperazine rings is 1. The van der Waals surface area contributed by atoms with Gasteiger partial charge in [-0.25, -0.2) is 4.98 Å². The zero-order valence-corrected chi connectivity index (χ0v) is 15.2. The highest BCUT2D eigenvalue weighted by Gasteiger charge is 2.23. The number of hydrogen-bond acceptors (Lipinski definition) is 4. The number of carbonyl (C=O) groups excluding carboxylic acids is 2. The van der Waals surface area contributed by atoms with Crippen LogP contribution in [0.15, 0.2) is 42.6 Å². The highest BCUT2D eigenvalue weighted by atomic mass is 16.2. The average molecular weight is 352 g/mol. The Balaban J connectivity index is 1.61. The molecule has 1 N–H and O–H groups in total. The van der Waals surface area contributed by atoms with E-state index in [-0.39, 0.29) is 11.8 Å². The number of aromatic nitrogens is 1. The van der Waals surface area contributed by atoms with Crippen molar-refractivity contribution in [3.05, 3.63) is 59.3 Å². The number of amides is 2. The number of nitrogens with zero attached hydrogens (tertiary/aromatic N) is 3. The molecule has 1 fully saturated rings. The van der Waals surface area contributed by atoms with E-state index in [4.69, 9.17) is 0 Å². The minimum absolute atomic E-state index is 0.0193. The van der Waals surface area contributed by atoms with Crippen molar-refractivity contribution in [2.75, 3.05) is 31.5 Å². The largest absolute Gasteiger partial charge is 0.366 e. The monoisotopic (exact) mass is 352 g/mol. The second kappa shape index (κ2) is 7.99. The van der Waals surface area contributed by atoms with Crippen LogP contribution >= 0.6 is 0 Å². The highest BCUT2D eigenvalue weighted by Crippen LogP contribution is 2.13. The van der Waals surface area contributed by atoms with Gasteiger partial charge >= 0.3 is 0 Å². The minimum atomic E-state index is -0.0193. The van der Waals surface area contributed by atoms with Crippen LogP contribution in [0.5, 0.6) is 0 Å². The van der Waals surface area contributed by atoms with Crippen molar-refractivity contribution in [3.63, 3.8) is 0 Å². The van der Waals surface area contributed by atoms with Crippen molar-refractivity contribution in [1.82, 2.24) is 14.8 Å². The van der Waals surface area contributed by atoms with Crippen LogP contribution in [-0.2, 0) is 11.3 Å². The Labute approximate surface area is 153 Å². The van der Waals surface area contributed by atoms with E-state index in [0.717, 1.165) is 0 Å². The maximum Gasteiger partial charge on any atom is 0.254 e. The zero-order chi connectivity index (χ0) is 18.5. The molecule has 6 heteroatoms. The average Bonchev–Trinajstić information content (AvgIpc) is 2.66. The summed E-state index contributed by atoms with van der Waals surface area (Å²) in [6.45, 7) is 6.58. The van der Waals surface area contributed by atoms with E-state index < -0.39 is 0 Å². The quantitative estimate of drug-likeness (QED) is 0.917. The SMILES string of the molecule is CC(=O)N1CCN(C(=O)c2ccnc(NCc3cccc(C)c3)c2)CC1. The Morgan fingerprint density at radius 1 is 1.08 bits per heavy atom. The van der Waals surface area contributed by atoms with Crippen LogP contribution in [0.4, 0.5) is 5.82 Å². The Morgan fingerprint density at radius 3 is 2.50 bits per heavy atom. The lowest BCUT2D eigenvalue weighted by atomic mass is 10.1. The fourth-order valence-electron chi connectivity index (χ4n) is 3.08. The van der Waals surface area contributed by atoms with Crippen molar-refractivity contribution in [2.45, 2.75) is 20.4 Å². The van der Waals surface area contributed by atoms with Crippen LogP contribution < -0.4 is 5.32 Å². The number of nitrogens with one attached hydrogen (secondary N) is 1. The predicted molar refractivity (Wildman–Crippen MR) is 101 cm³/mol. The van der Waals surface area contributed by atoms with Crippen molar-refractivity contribution in [1.29, 1.82) is 0 Å². The van der Waals surface area contributed by atoms with Crippen LogP contribution in [0.1, 0.15) is 28.4 Å². The lowest BCUT2D eigenvalue weighted by molar-refractivity contribution is -0.130. The first-order valence-corrected chi connectivity index (χ1v) is 8.83. The molecule has 26 heavy (non-hydrogen) atoms. The molecule has 1 aliphatic heterocycles. The number of anilines is 1. The van der Waals surface area contributed by atoms with E-state index >= 15 is 0 Å². The number of rotatable bonds is 4. The molecule has 1 saturated heterocycles. The molecule has 1 aromatic carbocycles. The number of pyridine rings is 1. The molecule has 0 aliphatic carbocycles. The molecule has 0 spiro atoms. The number of aryl methyl sites for hydroxylation is 1. The molecular formula is C20H24N4O2. The third-order valence-electron chi connectivity index (χ3n) is 4.58. The van der Waals surface area contributed by atoms with Crippen molar-refractivity contribution >= 4 is 17.6 Å². The van der Waals surface area contributed by atoms with E-state index in [2.05, 4.69) is 35.4 Å². The number of benzene rings is 1. The summed E-state index contributed by atoms with van der Waals surface area (Å²) in [6, 6.07) is 11.8. The van der Waals surface area contributed by atoms with E-state index in [0.29, 0.717) is 44.1 Å². The second-order valence-corrected chi connectivity index (χ2v) is 6.57. The Hall–Kier alpha value is -2.89. The van der Waals surface area contributed by atoms with E-state index in [1.54, 1.807) is 35.1 Å². The van der Waals surface area contributed by atoms with Gasteiger partial charge in [0.15, 0.2) is 0 Å². The molecule has 2 aromatic rings. The van der Waals surface area contributed by atoms with Gasteiger partial charge in [-0.2, -0.15) is 0 Å². The molecule has 3 rings (SSSR count). The summed E-state index contributed by atoms with van der Waals surface area (Å²) in [7, 11) is 0. The first-order valence-electron chi connectivity index (χ1n) is 8.83. The molecule has 136 valence electrons. The number of hydrogen-bond donors (Lipinski definition) is 1. The summed E-state index contributed by atoms with van der Waals surface area (Å²) in [5.41, 5.74) is 3.00. The van der Waals surface area contributed by atoms with Gasteiger partial charge in [-0.05, 0) is 24.6 Å². The fourth-order valence-corrected chi connectivity index (χ4v) is 3.08. The van der Waals surface area contributed by atoms with Crippen LogP contribution in [0.2, 0.25) is 0 Å². The molecule has 1 aliphatic rings. The van der Waals surface area contributed by atoms with Gasteiger partial charge in [-0.3, -0.25) is 9.59 Å². The third kappa shape index (κ3) is 4.39. The van der Waals surface area contributed by atoms with Crippen molar-refractivity contribution in [3.8, 4) is 0 Å². The third-order valence-corrected chi connectivity index (χ3v) is 4.58. The second-order valence-electron chi connectivity index (χ2n) is 6.57. The molecule has 0 bridgehead atoms. The molecule has 0 saturated carbocycles. The minimum Gasteiger partial charge on any atom is -0.366 e. The van der Waals surface area contributed by atoms with Gasteiger partial charge < -0.3 is 15.1 Å². The van der Waals surface area contributed by atoms with E-state index in [1.165, 1.54) is 11.1 Å². The topological polar surface area (TPSA) is 65.5 Å². The Kier molecular flexibility index (Phi) is 5.51. The van der Waals surface area contributed by atoms with Gasteiger partial charge in [0, 0.05) is 51.4 Å². The lowest BCUT2D eigenvalue weighted by Gasteiger charge is -2.34. The lowest BCUT2D eigenvalue weighted by Crippen LogP contribution is -2.50. The van der Waals surface area contributed by atoms with Crippen LogP contribution in [-0.4, -0.2) is 52.8 Å². The molecule has 0 atom stereocenters. The van der Waals surface area contributed by atoms with Gasteiger partial charge in [0.05, 0.1) is 0 Å². The molecule has 0 radical (unpaired) electrons. The smallest absolute Gasteiger partial charge is 0.254 e. The van der Waals surface area contributed by atoms with Gasteiger partial charge in [-0.1, -0.05) is 29.8 Å². The van der Waals surface area contributed by atoms with Gasteiger partial charge in [0.1, 0.15) is 5.82 Å². The standard InChI is InChI=1S/C20H24N4O2/c1-15-4-3-5-17(12-15)14-22-19-13-18(6-7-21-19)20(26)24-10-8-23(9-11-24)16(2)25/h3-7,12-13H,8-11,14H2,1-2H3,(H,21,22). The predicted octanol–water partition coefficient (Wildman–Crippen LogP) is 2.31. The zero-order valence-electron chi connectivity index (χ0n) is 15.2. The highest BCUT2D eigenvalue weighted by molar-refractivity contribution is 5.95. The first-order chi connectivity index (χ1) is 12.5. The van der Waals surface area contributed by atoms with E-state index in [9.17, 15) is 9.59 Å². The Bertz CT molecular complexity index is 798. The molecule has 2 heterocycles. The van der Waals surface area contributed by atoms with E-state index in [1.807, 2.05) is 6.07 Å². The fraction of sp³-hybridized carbons (Fsp3) is 0.350. The summed E-state index contributed by atoms with van der Waals surface area (Å²) < 4.78 is 0. The maximum absolute atomic E-state index is 12.7. The Morgan fingerprint density at radius 2 is 1.81 bits per heavy atom. The normalized spacial score (nSPS) is 14.2. The van der Waals surface area contributed by atoms with Crippen LogP contribution in [0, 0.1) is 6.92 Å². The maximum atomic E-state index is 12.7. The molecule has 2 amide bonds. The van der Waals surface area contributed by atoms with Crippen molar-refractivity contribution in [2.24, 2.45) is 0 Å². The van der Waals surface area contributed by atoms with Gasteiger partial charge in [0.25, 0.3) is 5.91 Å². The first kappa shape index (κ1) is 17.9. The molecular weight excluding hydrogens is 328 g/mol. The van der Waals surface area contributed by atoms with Crippen LogP contribution in [0.3, 0.4) is 0 Å². The molecule has 1 aromatic heterocycles. The molecule has 0 unspecified atom stereocenters. The van der Waals surface area contributed by atoms with Crippen molar-refractivity contribution < 1.29 is 9.59 Å². The number of carbonyl (C=O) groups is 2.